The van der Waals surface area contributed by atoms with Gasteiger partial charge in [-0.25, -0.2) is 13.1 Å². The molecule has 2 N–H and O–H groups in total. The molecule has 0 unspecified atom stereocenters. The largest absolute Gasteiger partial charge is 0.481 e. The van der Waals surface area contributed by atoms with Crippen LogP contribution in [0.15, 0.2) is 12.2 Å². The molecule has 6 rings (SSSR count). The van der Waals surface area contributed by atoms with E-state index in [2.05, 4.69) is 52.8 Å². The van der Waals surface area contributed by atoms with Gasteiger partial charge in [-0.3, -0.25) is 14.4 Å². The lowest BCUT2D eigenvalue weighted by Gasteiger charge is -2.73. The van der Waals surface area contributed by atoms with Gasteiger partial charge in [-0.15, -0.1) is 0 Å². The van der Waals surface area contributed by atoms with Gasteiger partial charge in [-0.05, 0) is 149 Å². The number of carbonyl (C=O) groups is 3. The molecule has 1 saturated heterocycles. The SMILES string of the molecule is C=C(C)[C@@H]1CC[C@]2(CC(=O)N3CCC(NS(C)(=O)=O)CC3)CC[C@]3(C)[C@H](CC[C@@H]4[C@@]5(C)CC[C@H](OC(=O)CC(C)(C)C(=O)O)C(C)(C)[C@@H]5CC[C@]43C)[C@@H]12. The summed E-state index contributed by atoms with van der Waals surface area (Å²) in [5.41, 5.74) is 0.281. The van der Waals surface area contributed by atoms with Gasteiger partial charge in [0.05, 0.1) is 18.1 Å². The number of allylic oxidation sites excluding steroid dienone is 1. The van der Waals surface area contributed by atoms with Crippen molar-refractivity contribution in [3.05, 3.63) is 12.2 Å². The van der Waals surface area contributed by atoms with Gasteiger partial charge < -0.3 is 14.7 Å². The number of nitrogens with one attached hydrogen (secondary N) is 1. The number of hydrogen-bond donors (Lipinski definition) is 2. The van der Waals surface area contributed by atoms with E-state index in [-0.39, 0.29) is 51.5 Å². The topological polar surface area (TPSA) is 130 Å². The average Bonchev–Trinajstić information content (AvgIpc) is 3.41. The number of sulfonamides is 1. The molecule has 1 amide bonds. The molecule has 6 aliphatic rings. The fourth-order valence-corrected chi connectivity index (χ4v) is 15.2. The summed E-state index contributed by atoms with van der Waals surface area (Å²) in [6.07, 6.45) is 13.6. The summed E-state index contributed by atoms with van der Waals surface area (Å²) >= 11 is 0. The number of piperidine rings is 1. The van der Waals surface area contributed by atoms with Crippen molar-refractivity contribution in [3.63, 3.8) is 0 Å². The first-order valence-electron chi connectivity index (χ1n) is 20.7. The number of aliphatic carboxylic acids is 1. The van der Waals surface area contributed by atoms with E-state index in [4.69, 9.17) is 4.74 Å². The van der Waals surface area contributed by atoms with Crippen LogP contribution in [0.5, 0.6) is 0 Å². The molecular weight excluding hydrogens is 689 g/mol. The van der Waals surface area contributed by atoms with E-state index >= 15 is 0 Å². The van der Waals surface area contributed by atoms with E-state index < -0.39 is 27.4 Å². The third-order valence-electron chi connectivity index (χ3n) is 17.3. The standard InChI is InChI=1S/C43H70N2O7S/c1-27(2)29-13-20-43(25-34(46)45-23-16-28(17-24-45)44-53(10,50)51)22-21-41(8)30(36(29)43)11-12-32-40(7)18-15-33(52-35(47)26-38(3,4)37(48)49)39(5,6)31(40)14-19-42(32,41)9/h28-33,36,44H,1,11-26H2,2-10H3,(H,48,49)/t29-,30+,31-,32+,33-,36+,40-,41+,42+,43+/m0/s1. The summed E-state index contributed by atoms with van der Waals surface area (Å²) in [7, 11) is -3.27. The zero-order chi connectivity index (χ0) is 39.2. The van der Waals surface area contributed by atoms with Crippen LogP contribution in [0, 0.1) is 62.1 Å². The average molecular weight is 759 g/mol. The highest BCUT2D eigenvalue weighted by atomic mass is 32.2. The summed E-state index contributed by atoms with van der Waals surface area (Å²) in [6.45, 7) is 23.5. The highest BCUT2D eigenvalue weighted by Crippen LogP contribution is 2.78. The molecular formula is C43H70N2O7S. The Balaban J connectivity index is 1.21. The van der Waals surface area contributed by atoms with Gasteiger partial charge in [0.1, 0.15) is 6.10 Å². The molecule has 0 radical (unpaired) electrons. The van der Waals surface area contributed by atoms with Crippen molar-refractivity contribution in [2.24, 2.45) is 62.1 Å². The van der Waals surface area contributed by atoms with E-state index in [9.17, 15) is 27.9 Å². The van der Waals surface area contributed by atoms with Gasteiger partial charge in [0.25, 0.3) is 0 Å². The zero-order valence-electron chi connectivity index (χ0n) is 34.3. The second-order valence-corrected chi connectivity index (χ2v) is 22.8. The second-order valence-electron chi connectivity index (χ2n) is 21.0. The molecule has 6 fully saturated rings. The van der Waals surface area contributed by atoms with E-state index in [0.29, 0.717) is 61.9 Å². The molecule has 5 aliphatic carbocycles. The number of hydrogen-bond acceptors (Lipinski definition) is 6. The maximum Gasteiger partial charge on any atom is 0.309 e. The van der Waals surface area contributed by atoms with Gasteiger partial charge in [0.15, 0.2) is 0 Å². The van der Waals surface area contributed by atoms with Crippen molar-refractivity contribution in [2.45, 2.75) is 157 Å². The summed E-state index contributed by atoms with van der Waals surface area (Å²) in [5, 5.41) is 9.61. The molecule has 9 nitrogen and oxygen atoms in total. The first kappa shape index (κ1) is 40.7. The fourth-order valence-electron chi connectivity index (χ4n) is 14.4. The predicted octanol–water partition coefficient (Wildman–Crippen LogP) is 7.99. The number of rotatable bonds is 9. The van der Waals surface area contributed by atoms with Gasteiger partial charge in [-0.2, -0.15) is 0 Å². The molecule has 10 heteroatoms. The summed E-state index contributed by atoms with van der Waals surface area (Å²) < 4.78 is 32.6. The van der Waals surface area contributed by atoms with Crippen LogP contribution < -0.4 is 4.72 Å². The van der Waals surface area contributed by atoms with E-state index in [1.807, 2.05) is 4.90 Å². The highest BCUT2D eigenvalue weighted by molar-refractivity contribution is 7.88. The smallest absolute Gasteiger partial charge is 0.309 e. The number of fused-ring (bicyclic) bond motifs is 7. The third kappa shape index (κ3) is 6.84. The Morgan fingerprint density at radius 2 is 1.53 bits per heavy atom. The van der Waals surface area contributed by atoms with Gasteiger partial charge in [-0.1, -0.05) is 46.8 Å². The van der Waals surface area contributed by atoms with Gasteiger partial charge >= 0.3 is 11.9 Å². The maximum atomic E-state index is 14.2. The Bertz CT molecular complexity index is 1600. The highest BCUT2D eigenvalue weighted by Gasteiger charge is 2.71. The molecule has 0 bridgehead atoms. The Kier molecular flexibility index (Phi) is 10.5. The lowest BCUT2D eigenvalue weighted by molar-refractivity contribution is -0.250. The van der Waals surface area contributed by atoms with Crippen LogP contribution >= 0.6 is 0 Å². The summed E-state index contributed by atoms with van der Waals surface area (Å²) in [5.74, 6) is 1.21. The zero-order valence-corrected chi connectivity index (χ0v) is 35.1. The lowest BCUT2D eigenvalue weighted by atomic mass is 9.32. The first-order valence-corrected chi connectivity index (χ1v) is 22.6. The maximum absolute atomic E-state index is 14.2. The Morgan fingerprint density at radius 3 is 2.13 bits per heavy atom. The number of ether oxygens (including phenoxy) is 1. The van der Waals surface area contributed by atoms with Crippen LogP contribution in [0.4, 0.5) is 0 Å². The molecule has 0 aromatic heterocycles. The Hall–Kier alpha value is -1.94. The minimum absolute atomic E-state index is 0.0177. The van der Waals surface area contributed by atoms with Gasteiger partial charge in [0, 0.05) is 31.0 Å². The van der Waals surface area contributed by atoms with E-state index in [1.54, 1.807) is 13.8 Å². The third-order valence-corrected chi connectivity index (χ3v) is 18.1. The number of likely N-dealkylation sites (tertiary alicyclic amines) is 1. The van der Waals surface area contributed by atoms with Crippen molar-refractivity contribution in [1.82, 2.24) is 9.62 Å². The van der Waals surface area contributed by atoms with Crippen molar-refractivity contribution >= 4 is 27.9 Å². The number of nitrogens with zero attached hydrogens (tertiary/aromatic N) is 1. The van der Waals surface area contributed by atoms with Crippen molar-refractivity contribution in [1.29, 1.82) is 0 Å². The van der Waals surface area contributed by atoms with Gasteiger partial charge in [0.2, 0.25) is 15.9 Å². The van der Waals surface area contributed by atoms with Crippen LogP contribution in [-0.4, -0.2) is 67.8 Å². The number of carbonyl (C=O) groups excluding carboxylic acids is 2. The van der Waals surface area contributed by atoms with Crippen LogP contribution in [0.1, 0.15) is 145 Å². The molecule has 1 heterocycles. The van der Waals surface area contributed by atoms with Crippen LogP contribution in [-0.2, 0) is 29.1 Å². The Labute approximate surface area is 320 Å². The molecule has 5 saturated carbocycles. The normalized spacial score (nSPS) is 41.3. The quantitative estimate of drug-likeness (QED) is 0.180. The van der Waals surface area contributed by atoms with Crippen LogP contribution in [0.3, 0.4) is 0 Å². The first-order chi connectivity index (χ1) is 24.4. The molecule has 10 atom stereocenters. The lowest BCUT2D eigenvalue weighted by Crippen LogP contribution is -2.67. The Morgan fingerprint density at radius 1 is 0.868 bits per heavy atom. The van der Waals surface area contributed by atoms with Crippen LogP contribution in [0.2, 0.25) is 0 Å². The molecule has 0 aromatic rings. The molecule has 0 aromatic carbocycles. The number of amides is 1. The summed E-state index contributed by atoms with van der Waals surface area (Å²) in [6, 6.07) is -0.102. The molecule has 0 spiro atoms. The number of esters is 1. The second kappa shape index (κ2) is 13.6. The van der Waals surface area contributed by atoms with E-state index in [1.165, 1.54) is 24.7 Å². The predicted molar refractivity (Wildman–Crippen MR) is 207 cm³/mol. The molecule has 1 aliphatic heterocycles. The van der Waals surface area contributed by atoms with Crippen LogP contribution in [0.25, 0.3) is 0 Å². The number of carboxylic acids is 1. The van der Waals surface area contributed by atoms with Crippen molar-refractivity contribution in [3.8, 4) is 0 Å². The minimum Gasteiger partial charge on any atom is -0.481 e. The summed E-state index contributed by atoms with van der Waals surface area (Å²) in [4.78, 5) is 41.0. The fraction of sp³-hybridized carbons (Fsp3) is 0.884. The monoisotopic (exact) mass is 758 g/mol. The van der Waals surface area contributed by atoms with Crippen molar-refractivity contribution < 1.29 is 32.6 Å². The number of carboxylic acid groups (broad SMARTS) is 1. The minimum atomic E-state index is -3.27. The molecule has 53 heavy (non-hydrogen) atoms. The van der Waals surface area contributed by atoms with Crippen molar-refractivity contribution in [2.75, 3.05) is 19.3 Å². The van der Waals surface area contributed by atoms with E-state index in [0.717, 1.165) is 51.4 Å². The molecule has 300 valence electrons.